The second-order valence-electron chi connectivity index (χ2n) is 7.76. The van der Waals surface area contributed by atoms with E-state index in [9.17, 15) is 5.11 Å². The molecule has 2 atom stereocenters. The minimum absolute atomic E-state index is 0.0466. The van der Waals surface area contributed by atoms with Crippen LogP contribution in [0.3, 0.4) is 0 Å². The summed E-state index contributed by atoms with van der Waals surface area (Å²) in [6.45, 7) is 5.98. The molecule has 0 saturated carbocycles. The summed E-state index contributed by atoms with van der Waals surface area (Å²) in [6, 6.07) is 18.1. The predicted octanol–water partition coefficient (Wildman–Crippen LogP) is 5.19. The molecule has 3 heteroatoms. The first-order valence-corrected chi connectivity index (χ1v) is 9.52. The van der Waals surface area contributed by atoms with E-state index < -0.39 is 0 Å². The van der Waals surface area contributed by atoms with Crippen molar-refractivity contribution in [2.45, 2.75) is 44.6 Å². The highest BCUT2D eigenvalue weighted by Gasteiger charge is 2.33. The number of phenolic OH excluding ortho intramolecular Hbond substituents is 1. The number of nitrogens with zero attached hydrogens (tertiary/aromatic N) is 1. The zero-order valence-electron chi connectivity index (χ0n) is 15.8. The van der Waals surface area contributed by atoms with Gasteiger partial charge in [0.2, 0.25) is 0 Å². The van der Waals surface area contributed by atoms with E-state index in [1.54, 1.807) is 12.3 Å². The number of aliphatic imine (C=N–C) groups is 1. The van der Waals surface area contributed by atoms with Gasteiger partial charge in [-0.05, 0) is 62.6 Å². The lowest BCUT2D eigenvalue weighted by Gasteiger charge is -2.39. The van der Waals surface area contributed by atoms with Crippen LogP contribution < -0.4 is 0 Å². The van der Waals surface area contributed by atoms with Crippen molar-refractivity contribution in [2.75, 3.05) is 13.2 Å². The Morgan fingerprint density at radius 1 is 1.15 bits per heavy atom. The number of benzene rings is 2. The standard InChI is InChI=1S/C23H29NO2/c1-23(2)16-19(13-15-26-23)21(18-8-4-3-5-9-18)12-14-24-17-20-10-6-7-11-22(20)25/h3-11,17,19,21,25H,12-16H2,1-2H3/t19-,21-/m1/s1. The van der Waals surface area contributed by atoms with E-state index in [2.05, 4.69) is 49.2 Å². The molecule has 1 N–H and O–H groups in total. The number of phenols is 1. The third-order valence-corrected chi connectivity index (χ3v) is 5.27. The highest BCUT2D eigenvalue weighted by molar-refractivity contribution is 5.83. The normalized spacial score (nSPS) is 20.9. The van der Waals surface area contributed by atoms with Crippen LogP contribution in [0.2, 0.25) is 0 Å². The molecule has 3 nitrogen and oxygen atoms in total. The highest BCUT2D eigenvalue weighted by atomic mass is 16.5. The molecule has 1 heterocycles. The van der Waals surface area contributed by atoms with E-state index in [-0.39, 0.29) is 11.4 Å². The number of ether oxygens (including phenoxy) is 1. The lowest BCUT2D eigenvalue weighted by atomic mass is 9.75. The average molecular weight is 351 g/mol. The topological polar surface area (TPSA) is 41.8 Å². The van der Waals surface area contributed by atoms with Crippen molar-refractivity contribution < 1.29 is 9.84 Å². The molecule has 138 valence electrons. The third kappa shape index (κ3) is 4.95. The SMILES string of the molecule is CC1(C)C[C@H]([C@H](CCN=Cc2ccccc2O)c2ccccc2)CCO1. The van der Waals surface area contributed by atoms with Gasteiger partial charge >= 0.3 is 0 Å². The average Bonchev–Trinajstić information content (AvgIpc) is 2.63. The van der Waals surface area contributed by atoms with Gasteiger partial charge in [-0.3, -0.25) is 4.99 Å². The Morgan fingerprint density at radius 3 is 2.62 bits per heavy atom. The summed E-state index contributed by atoms with van der Waals surface area (Å²) in [6.07, 6.45) is 4.97. The second-order valence-corrected chi connectivity index (χ2v) is 7.76. The van der Waals surface area contributed by atoms with Gasteiger partial charge in [0, 0.05) is 24.9 Å². The lowest BCUT2D eigenvalue weighted by Crippen LogP contribution is -2.36. The van der Waals surface area contributed by atoms with Crippen LogP contribution in [0.4, 0.5) is 0 Å². The first-order chi connectivity index (χ1) is 12.6. The van der Waals surface area contributed by atoms with Crippen LogP contribution in [0.5, 0.6) is 5.75 Å². The first kappa shape index (κ1) is 18.7. The number of rotatable bonds is 6. The molecule has 0 spiro atoms. The fourth-order valence-corrected chi connectivity index (χ4v) is 3.97. The van der Waals surface area contributed by atoms with Gasteiger partial charge < -0.3 is 9.84 Å². The molecule has 1 aliphatic heterocycles. The van der Waals surface area contributed by atoms with Gasteiger partial charge in [0.05, 0.1) is 5.60 Å². The maximum atomic E-state index is 9.85. The van der Waals surface area contributed by atoms with Crippen molar-refractivity contribution in [3.8, 4) is 5.75 Å². The van der Waals surface area contributed by atoms with Crippen LogP contribution >= 0.6 is 0 Å². The number of para-hydroxylation sites is 1. The summed E-state index contributed by atoms with van der Waals surface area (Å²) in [4.78, 5) is 4.58. The van der Waals surface area contributed by atoms with Gasteiger partial charge in [-0.2, -0.15) is 0 Å². The molecule has 3 rings (SSSR count). The van der Waals surface area contributed by atoms with Gasteiger partial charge in [-0.15, -0.1) is 0 Å². The van der Waals surface area contributed by atoms with Gasteiger partial charge in [-0.25, -0.2) is 0 Å². The van der Waals surface area contributed by atoms with Crippen molar-refractivity contribution in [3.63, 3.8) is 0 Å². The summed E-state index contributed by atoms with van der Waals surface area (Å²) in [5.41, 5.74) is 2.12. The zero-order valence-corrected chi connectivity index (χ0v) is 15.8. The third-order valence-electron chi connectivity index (χ3n) is 5.27. The maximum Gasteiger partial charge on any atom is 0.124 e. The largest absolute Gasteiger partial charge is 0.507 e. The molecule has 2 aromatic rings. The Labute approximate surface area is 156 Å². The number of hydrogen-bond donors (Lipinski definition) is 1. The van der Waals surface area contributed by atoms with Crippen molar-refractivity contribution in [2.24, 2.45) is 10.9 Å². The van der Waals surface area contributed by atoms with Gasteiger partial charge in [-0.1, -0.05) is 42.5 Å². The molecular formula is C23H29NO2. The van der Waals surface area contributed by atoms with E-state index in [0.717, 1.165) is 38.0 Å². The molecule has 0 aromatic heterocycles. The summed E-state index contributed by atoms with van der Waals surface area (Å²) in [7, 11) is 0. The first-order valence-electron chi connectivity index (χ1n) is 9.52. The Balaban J connectivity index is 1.69. The van der Waals surface area contributed by atoms with E-state index in [1.807, 2.05) is 18.2 Å². The summed E-state index contributed by atoms with van der Waals surface area (Å²) in [5, 5.41) is 9.85. The van der Waals surface area contributed by atoms with Crippen LogP contribution in [0.1, 0.15) is 50.2 Å². The van der Waals surface area contributed by atoms with Crippen LogP contribution in [-0.4, -0.2) is 30.1 Å². The van der Waals surface area contributed by atoms with Gasteiger partial charge in [0.15, 0.2) is 0 Å². The molecular weight excluding hydrogens is 322 g/mol. The van der Waals surface area contributed by atoms with Crippen molar-refractivity contribution >= 4 is 6.21 Å². The Hall–Kier alpha value is -2.13. The number of aromatic hydroxyl groups is 1. The van der Waals surface area contributed by atoms with Crippen LogP contribution in [0.15, 0.2) is 59.6 Å². The van der Waals surface area contributed by atoms with Crippen molar-refractivity contribution in [1.29, 1.82) is 0 Å². The van der Waals surface area contributed by atoms with Crippen LogP contribution in [-0.2, 0) is 4.74 Å². The molecule has 0 unspecified atom stereocenters. The summed E-state index contributed by atoms with van der Waals surface area (Å²) >= 11 is 0. The highest BCUT2D eigenvalue weighted by Crippen LogP contribution is 2.39. The van der Waals surface area contributed by atoms with Crippen molar-refractivity contribution in [3.05, 3.63) is 65.7 Å². The van der Waals surface area contributed by atoms with E-state index in [4.69, 9.17) is 4.74 Å². The lowest BCUT2D eigenvalue weighted by molar-refractivity contribution is -0.0771. The molecule has 0 amide bonds. The number of hydrogen-bond acceptors (Lipinski definition) is 3. The Bertz CT molecular complexity index is 724. The Morgan fingerprint density at radius 2 is 1.88 bits per heavy atom. The smallest absolute Gasteiger partial charge is 0.124 e. The fraction of sp³-hybridized carbons (Fsp3) is 0.435. The minimum Gasteiger partial charge on any atom is -0.507 e. The minimum atomic E-state index is -0.0466. The van der Waals surface area contributed by atoms with Gasteiger partial charge in [0.1, 0.15) is 5.75 Å². The second kappa shape index (κ2) is 8.50. The maximum absolute atomic E-state index is 9.85. The fourth-order valence-electron chi connectivity index (χ4n) is 3.97. The molecule has 0 bridgehead atoms. The monoisotopic (exact) mass is 351 g/mol. The molecule has 0 radical (unpaired) electrons. The van der Waals surface area contributed by atoms with Gasteiger partial charge in [0.25, 0.3) is 0 Å². The van der Waals surface area contributed by atoms with E-state index in [1.165, 1.54) is 5.56 Å². The molecule has 2 aromatic carbocycles. The molecule has 26 heavy (non-hydrogen) atoms. The zero-order chi connectivity index (χ0) is 18.4. The molecule has 1 saturated heterocycles. The van der Waals surface area contributed by atoms with Crippen LogP contribution in [0, 0.1) is 5.92 Å². The summed E-state index contributed by atoms with van der Waals surface area (Å²) < 4.78 is 5.92. The predicted molar refractivity (Wildman–Crippen MR) is 107 cm³/mol. The van der Waals surface area contributed by atoms with Crippen LogP contribution in [0.25, 0.3) is 0 Å². The molecule has 0 aliphatic carbocycles. The Kier molecular flexibility index (Phi) is 6.10. The molecule has 1 fully saturated rings. The quantitative estimate of drug-likeness (QED) is 0.728. The van der Waals surface area contributed by atoms with E-state index >= 15 is 0 Å². The molecule has 1 aliphatic rings. The van der Waals surface area contributed by atoms with E-state index in [0.29, 0.717) is 11.8 Å². The summed E-state index contributed by atoms with van der Waals surface area (Å²) in [5.74, 6) is 1.38. The van der Waals surface area contributed by atoms with Crippen molar-refractivity contribution in [1.82, 2.24) is 0 Å².